The number of hydrogen-bond donors (Lipinski definition) is 2. The number of aromatic nitrogens is 3. The third-order valence-electron chi connectivity index (χ3n) is 8.50. The molecule has 3 saturated heterocycles. The summed E-state index contributed by atoms with van der Waals surface area (Å²) in [6, 6.07) is 10.5. The van der Waals surface area contributed by atoms with Crippen LogP contribution in [0.15, 0.2) is 36.5 Å². The largest absolute Gasteiger partial charge is 0.508 e. The van der Waals surface area contributed by atoms with E-state index in [1.807, 2.05) is 4.90 Å². The second-order valence-corrected chi connectivity index (χ2v) is 11.2. The molecule has 0 saturated carbocycles. The van der Waals surface area contributed by atoms with Crippen LogP contribution in [0.2, 0.25) is 0 Å². The molecule has 2 unspecified atom stereocenters. The van der Waals surface area contributed by atoms with E-state index in [0.29, 0.717) is 71.9 Å². The monoisotopic (exact) mass is 640 g/mol. The number of pyridine rings is 1. The van der Waals surface area contributed by atoms with E-state index < -0.39 is 12.0 Å². The second kappa shape index (κ2) is 14.9. The zero-order valence-corrected chi connectivity index (χ0v) is 26.1. The number of halogens is 2. The Morgan fingerprint density at radius 2 is 1.81 bits per heavy atom. The SMILES string of the molecule is CO.COc1nc(N2CCN(C#N)CC2)c2cnc(-c3c(C#CC#N)ccc4cc(O)ccc34)c(F)c2n1.FC1CC2CCCN2C1. The third kappa shape index (κ3) is 6.95. The number of hydrogen-bond acceptors (Lipinski definition) is 11. The lowest BCUT2D eigenvalue weighted by Crippen LogP contribution is -2.44. The average molecular weight is 641 g/mol. The van der Waals surface area contributed by atoms with E-state index in [9.17, 15) is 9.50 Å². The highest BCUT2D eigenvalue weighted by atomic mass is 19.1. The first-order valence-corrected chi connectivity index (χ1v) is 15.2. The molecule has 242 valence electrons. The van der Waals surface area contributed by atoms with Crippen LogP contribution < -0.4 is 9.64 Å². The maximum atomic E-state index is 16.2. The van der Waals surface area contributed by atoms with Crippen LogP contribution in [-0.2, 0) is 0 Å². The molecule has 47 heavy (non-hydrogen) atoms. The van der Waals surface area contributed by atoms with E-state index in [0.717, 1.165) is 20.1 Å². The zero-order chi connectivity index (χ0) is 33.5. The Balaban J connectivity index is 0.000000333. The first kappa shape index (κ1) is 33.1. The summed E-state index contributed by atoms with van der Waals surface area (Å²) in [5, 5.41) is 36.7. The van der Waals surface area contributed by atoms with Gasteiger partial charge in [0.1, 0.15) is 28.9 Å². The molecule has 2 aromatic carbocycles. The topological polar surface area (TPSA) is 146 Å². The number of benzene rings is 2. The van der Waals surface area contributed by atoms with E-state index >= 15 is 4.39 Å². The highest BCUT2D eigenvalue weighted by Gasteiger charge is 2.34. The molecule has 7 rings (SSSR count). The Bertz CT molecular complexity index is 1900. The molecule has 0 bridgehead atoms. The summed E-state index contributed by atoms with van der Waals surface area (Å²) in [5.41, 5.74) is 0.826. The number of aliphatic hydroxyl groups excluding tert-OH is 1. The number of rotatable bonds is 3. The normalized spacial score (nSPS) is 18.5. The van der Waals surface area contributed by atoms with Crippen LogP contribution in [0.25, 0.3) is 32.9 Å². The Morgan fingerprint density at radius 3 is 2.51 bits per heavy atom. The molecule has 0 aliphatic carbocycles. The van der Waals surface area contributed by atoms with E-state index in [-0.39, 0.29) is 23.0 Å². The van der Waals surface area contributed by atoms with E-state index in [2.05, 4.69) is 37.9 Å². The zero-order valence-electron chi connectivity index (χ0n) is 26.1. The van der Waals surface area contributed by atoms with Gasteiger partial charge in [0.25, 0.3) is 0 Å². The molecule has 0 amide bonds. The fourth-order valence-electron chi connectivity index (χ4n) is 6.35. The van der Waals surface area contributed by atoms with Crippen LogP contribution in [0, 0.1) is 40.4 Å². The number of nitrogens with zero attached hydrogens (tertiary/aromatic N) is 8. The number of phenols is 1. The van der Waals surface area contributed by atoms with Gasteiger partial charge in [0, 0.05) is 69.1 Å². The lowest BCUT2D eigenvalue weighted by Gasteiger charge is -2.33. The highest BCUT2D eigenvalue weighted by molar-refractivity contribution is 6.01. The van der Waals surface area contributed by atoms with Crippen molar-refractivity contribution in [2.24, 2.45) is 0 Å². The van der Waals surface area contributed by atoms with Gasteiger partial charge in [-0.15, -0.1) is 0 Å². The fourth-order valence-corrected chi connectivity index (χ4v) is 6.35. The minimum absolute atomic E-state index is 0.00188. The van der Waals surface area contributed by atoms with Crippen molar-refractivity contribution >= 4 is 27.5 Å². The van der Waals surface area contributed by atoms with Crippen LogP contribution in [0.1, 0.15) is 24.8 Å². The fraction of sp³-hybridized carbons (Fsp3) is 0.382. The molecular formula is C34H34F2N8O3. The predicted molar refractivity (Wildman–Crippen MR) is 173 cm³/mol. The van der Waals surface area contributed by atoms with Gasteiger partial charge in [-0.05, 0) is 60.8 Å². The molecule has 0 radical (unpaired) electrons. The summed E-state index contributed by atoms with van der Waals surface area (Å²) in [4.78, 5) is 19.1. The van der Waals surface area contributed by atoms with Crippen molar-refractivity contribution in [1.82, 2.24) is 24.8 Å². The van der Waals surface area contributed by atoms with Crippen LogP contribution in [0.5, 0.6) is 11.8 Å². The maximum Gasteiger partial charge on any atom is 0.318 e. The van der Waals surface area contributed by atoms with Gasteiger partial charge >= 0.3 is 6.01 Å². The van der Waals surface area contributed by atoms with Crippen LogP contribution in [0.3, 0.4) is 0 Å². The lowest BCUT2D eigenvalue weighted by molar-refractivity contribution is 0.292. The Labute approximate surface area is 271 Å². The first-order valence-electron chi connectivity index (χ1n) is 15.2. The molecule has 11 nitrogen and oxygen atoms in total. The molecule has 3 aliphatic heterocycles. The van der Waals surface area contributed by atoms with Crippen LogP contribution in [-0.4, -0.2) is 101 Å². The van der Waals surface area contributed by atoms with Crippen molar-refractivity contribution in [3.63, 3.8) is 0 Å². The van der Waals surface area contributed by atoms with Gasteiger partial charge in [-0.1, -0.05) is 12.0 Å². The number of fused-ring (bicyclic) bond motifs is 3. The van der Waals surface area contributed by atoms with Crippen molar-refractivity contribution in [2.45, 2.75) is 31.5 Å². The summed E-state index contributed by atoms with van der Waals surface area (Å²) in [6.07, 6.45) is 6.47. The second-order valence-electron chi connectivity index (χ2n) is 11.2. The van der Waals surface area contributed by atoms with E-state index in [1.165, 1.54) is 32.2 Å². The standard InChI is InChI=1S/C26H18FN7O2.C7H12FN.CH4O/c1-36-26-31-23-20(25(32-26)34-11-9-33(15-29)10-12-34)14-30-24(22(23)27)21-16(3-2-8-28)4-5-17-13-18(35)6-7-19(17)21;8-6-4-7-2-1-3-9(7)5-6;1-2/h4-7,13-14,35H,9-12H2,1H3;6-7H,1-5H2;2H,1H3. The van der Waals surface area contributed by atoms with Crippen LogP contribution >= 0.6 is 0 Å². The van der Waals surface area contributed by atoms with Gasteiger partial charge in [0.05, 0.1) is 12.5 Å². The number of phenolic OH excluding ortho intramolecular Hbond substituents is 1. The summed E-state index contributed by atoms with van der Waals surface area (Å²) in [7, 11) is 2.41. The molecule has 3 aliphatic rings. The minimum atomic E-state index is -0.689. The summed E-state index contributed by atoms with van der Waals surface area (Å²) >= 11 is 0. The van der Waals surface area contributed by atoms with Gasteiger partial charge in [-0.3, -0.25) is 9.88 Å². The molecular weight excluding hydrogens is 606 g/mol. The quantitative estimate of drug-likeness (QED) is 0.248. The molecule has 13 heteroatoms. The van der Waals surface area contributed by atoms with Crippen molar-refractivity contribution in [2.75, 3.05) is 58.4 Å². The van der Waals surface area contributed by atoms with Crippen molar-refractivity contribution < 1.29 is 23.7 Å². The number of alkyl halides is 1. The van der Waals surface area contributed by atoms with Crippen molar-refractivity contribution in [3.05, 3.63) is 47.9 Å². The first-order chi connectivity index (χ1) is 22.9. The maximum absolute atomic E-state index is 16.2. The number of aromatic hydroxyl groups is 1. The molecule has 4 aromatic rings. The summed E-state index contributed by atoms with van der Waals surface area (Å²) in [6.45, 7) is 3.93. The lowest BCUT2D eigenvalue weighted by atomic mass is 9.95. The number of nitriles is 2. The minimum Gasteiger partial charge on any atom is -0.508 e. The van der Waals surface area contributed by atoms with Gasteiger partial charge in [0.15, 0.2) is 18.1 Å². The molecule has 2 aromatic heterocycles. The van der Waals surface area contributed by atoms with Crippen LogP contribution in [0.4, 0.5) is 14.6 Å². The highest BCUT2D eigenvalue weighted by Crippen LogP contribution is 2.37. The molecule has 3 fully saturated rings. The van der Waals surface area contributed by atoms with Crippen molar-refractivity contribution in [3.8, 4) is 47.1 Å². The summed E-state index contributed by atoms with van der Waals surface area (Å²) < 4.78 is 34.1. The van der Waals surface area contributed by atoms with Gasteiger partial charge in [0.2, 0.25) is 0 Å². The molecule has 2 atom stereocenters. The average Bonchev–Trinajstić information content (AvgIpc) is 3.69. The van der Waals surface area contributed by atoms with Gasteiger partial charge in [-0.2, -0.15) is 20.5 Å². The Hall–Kier alpha value is -5.29. The molecule has 0 spiro atoms. The van der Waals surface area contributed by atoms with Gasteiger partial charge < -0.3 is 24.7 Å². The van der Waals surface area contributed by atoms with E-state index in [1.54, 1.807) is 35.2 Å². The number of aliphatic hydroxyl groups is 1. The Kier molecular flexibility index (Phi) is 10.5. The van der Waals surface area contributed by atoms with Gasteiger partial charge in [-0.25, -0.2) is 8.78 Å². The van der Waals surface area contributed by atoms with E-state index in [4.69, 9.17) is 20.4 Å². The molecule has 5 heterocycles. The molecule has 2 N–H and O–H groups in total. The number of piperazine rings is 1. The number of methoxy groups -OCH3 is 1. The predicted octanol–water partition coefficient (Wildman–Crippen LogP) is 3.98. The Morgan fingerprint density at radius 1 is 1.02 bits per heavy atom. The third-order valence-corrected chi connectivity index (χ3v) is 8.50. The summed E-state index contributed by atoms with van der Waals surface area (Å²) in [5.74, 6) is 4.97. The number of ether oxygens (including phenoxy) is 1. The van der Waals surface area contributed by atoms with Crippen molar-refractivity contribution in [1.29, 1.82) is 10.5 Å². The smallest absolute Gasteiger partial charge is 0.318 e. The number of anilines is 1.